The number of carbonyl (C=O) groups excluding carboxylic acids is 2. The second-order valence-electron chi connectivity index (χ2n) is 2.94. The highest BCUT2D eigenvalue weighted by Gasteiger charge is 2.50. The quantitative estimate of drug-likeness (QED) is 0.437. The monoisotopic (exact) mass is 282 g/mol. The lowest BCUT2D eigenvalue weighted by Crippen LogP contribution is -2.52. The van der Waals surface area contributed by atoms with E-state index in [-0.39, 0.29) is 11.8 Å². The fraction of sp³-hybridized carbons (Fsp3) is 0.714. The van der Waals surface area contributed by atoms with Crippen LogP contribution in [0, 0.1) is 5.41 Å². The molecule has 0 atom stereocenters. The van der Waals surface area contributed by atoms with E-state index >= 15 is 0 Å². The lowest BCUT2D eigenvalue weighted by Gasteiger charge is -2.37. The van der Waals surface area contributed by atoms with Crippen LogP contribution in [0.2, 0.25) is 0 Å². The molecule has 0 heterocycles. The summed E-state index contributed by atoms with van der Waals surface area (Å²) >= 11 is 1.77. The van der Waals surface area contributed by atoms with Gasteiger partial charge in [0.25, 0.3) is 0 Å². The summed E-state index contributed by atoms with van der Waals surface area (Å²) in [4.78, 5) is 22.7. The largest absolute Gasteiger partial charge is 0.358 e. The van der Waals surface area contributed by atoms with Gasteiger partial charge in [0.1, 0.15) is 5.41 Å². The fourth-order valence-corrected chi connectivity index (χ4v) is 1.93. The van der Waals surface area contributed by atoms with Crippen molar-refractivity contribution in [2.75, 3.05) is 7.05 Å². The zero-order chi connectivity index (χ0) is 9.19. The molecule has 4 nitrogen and oxygen atoms in total. The first-order chi connectivity index (χ1) is 5.67. The predicted octanol–water partition coefficient (Wildman–Crippen LogP) is 0.369. The average Bonchev–Trinajstić information content (AvgIpc) is 2.01. The maximum atomic E-state index is 11.3. The molecule has 1 saturated carbocycles. The molecule has 1 aliphatic rings. The van der Waals surface area contributed by atoms with E-state index < -0.39 is 5.41 Å². The minimum absolute atomic E-state index is 0.164. The number of carbonyl (C=O) groups is 2. The van der Waals surface area contributed by atoms with Crippen LogP contribution >= 0.6 is 22.9 Å². The second-order valence-corrected chi connectivity index (χ2v) is 3.48. The Morgan fingerprint density at radius 2 is 1.92 bits per heavy atom. The molecule has 2 amide bonds. The third-order valence-electron chi connectivity index (χ3n) is 2.39. The molecule has 0 radical (unpaired) electrons. The van der Waals surface area contributed by atoms with E-state index in [2.05, 4.69) is 8.85 Å². The van der Waals surface area contributed by atoms with Crippen LogP contribution in [0.25, 0.3) is 0 Å². The number of rotatable bonds is 2. The number of nitrogens with one attached hydrogen (secondary N) is 2. The van der Waals surface area contributed by atoms with Crippen molar-refractivity contribution in [1.29, 1.82) is 0 Å². The van der Waals surface area contributed by atoms with E-state index in [9.17, 15) is 9.59 Å². The summed E-state index contributed by atoms with van der Waals surface area (Å²) in [7, 11) is 1.56. The first kappa shape index (κ1) is 9.76. The van der Waals surface area contributed by atoms with Crippen LogP contribution in [-0.4, -0.2) is 18.9 Å². The van der Waals surface area contributed by atoms with Crippen molar-refractivity contribution in [3.05, 3.63) is 0 Å². The molecule has 0 aromatic heterocycles. The van der Waals surface area contributed by atoms with E-state index in [1.165, 1.54) is 0 Å². The van der Waals surface area contributed by atoms with Crippen LogP contribution in [0.4, 0.5) is 0 Å². The van der Waals surface area contributed by atoms with Crippen molar-refractivity contribution >= 4 is 34.7 Å². The van der Waals surface area contributed by atoms with Crippen molar-refractivity contribution in [3.63, 3.8) is 0 Å². The Bertz CT molecular complexity index is 195. The Morgan fingerprint density at radius 3 is 2.17 bits per heavy atom. The van der Waals surface area contributed by atoms with Crippen LogP contribution in [-0.2, 0) is 9.59 Å². The zero-order valence-corrected chi connectivity index (χ0v) is 8.97. The molecule has 1 fully saturated rings. The number of amides is 2. The smallest absolute Gasteiger partial charge is 0.244 e. The molecule has 12 heavy (non-hydrogen) atoms. The molecule has 0 spiro atoms. The summed E-state index contributed by atoms with van der Waals surface area (Å²) < 4.78 is 2.49. The third kappa shape index (κ3) is 1.30. The van der Waals surface area contributed by atoms with Gasteiger partial charge in [0.2, 0.25) is 11.8 Å². The lowest BCUT2D eigenvalue weighted by atomic mass is 9.67. The third-order valence-corrected chi connectivity index (χ3v) is 2.88. The summed E-state index contributed by atoms with van der Waals surface area (Å²) in [6.45, 7) is 0. The van der Waals surface area contributed by atoms with Crippen molar-refractivity contribution in [3.8, 4) is 0 Å². The Labute approximate surface area is 85.0 Å². The molecule has 0 saturated heterocycles. The Morgan fingerprint density at radius 1 is 1.33 bits per heavy atom. The minimum atomic E-state index is -0.768. The first-order valence-electron chi connectivity index (χ1n) is 3.80. The van der Waals surface area contributed by atoms with Crippen molar-refractivity contribution in [2.45, 2.75) is 19.3 Å². The van der Waals surface area contributed by atoms with Gasteiger partial charge >= 0.3 is 0 Å². The maximum Gasteiger partial charge on any atom is 0.244 e. The Hall–Kier alpha value is -0.330. The standard InChI is InChI=1S/C7H11IN2O2/c1-9-5(11)7(3-2-4-7)6(12)10-8/h2-4H2,1H3,(H,9,11)(H,10,12). The van der Waals surface area contributed by atoms with E-state index in [4.69, 9.17) is 0 Å². The SMILES string of the molecule is CNC(=O)C1(C(=O)NI)CCC1. The summed E-state index contributed by atoms with van der Waals surface area (Å²) in [6, 6.07) is 0. The second kappa shape index (κ2) is 3.59. The Kier molecular flexibility index (Phi) is 2.92. The molecule has 2 N–H and O–H groups in total. The molecule has 5 heteroatoms. The van der Waals surface area contributed by atoms with Crippen molar-refractivity contribution < 1.29 is 9.59 Å². The summed E-state index contributed by atoms with van der Waals surface area (Å²) in [5.41, 5.74) is -0.768. The van der Waals surface area contributed by atoms with E-state index in [0.29, 0.717) is 12.8 Å². The molecule has 1 rings (SSSR count). The predicted molar refractivity (Wildman–Crippen MR) is 52.5 cm³/mol. The zero-order valence-electron chi connectivity index (χ0n) is 6.82. The van der Waals surface area contributed by atoms with Gasteiger partial charge in [-0.1, -0.05) is 6.42 Å². The topological polar surface area (TPSA) is 58.2 Å². The Balaban J connectivity index is 2.75. The highest BCUT2D eigenvalue weighted by Crippen LogP contribution is 2.41. The van der Waals surface area contributed by atoms with Crippen LogP contribution in [0.3, 0.4) is 0 Å². The van der Waals surface area contributed by atoms with Gasteiger partial charge in [-0.15, -0.1) is 0 Å². The number of hydrogen-bond acceptors (Lipinski definition) is 2. The van der Waals surface area contributed by atoms with Crippen LogP contribution in [0.5, 0.6) is 0 Å². The van der Waals surface area contributed by atoms with Gasteiger partial charge in [-0.3, -0.25) is 13.1 Å². The number of hydrogen-bond donors (Lipinski definition) is 2. The maximum absolute atomic E-state index is 11.3. The van der Waals surface area contributed by atoms with Gasteiger partial charge in [0.05, 0.1) is 22.9 Å². The number of halogens is 1. The minimum Gasteiger partial charge on any atom is -0.358 e. The van der Waals surface area contributed by atoms with Gasteiger partial charge in [-0.25, -0.2) is 0 Å². The molecule has 68 valence electrons. The summed E-state index contributed by atoms with van der Waals surface area (Å²) in [6.07, 6.45) is 2.29. The van der Waals surface area contributed by atoms with E-state index in [1.54, 1.807) is 29.9 Å². The summed E-state index contributed by atoms with van der Waals surface area (Å²) in [5.74, 6) is -0.336. The normalized spacial score (nSPS) is 19.2. The van der Waals surface area contributed by atoms with Crippen LogP contribution < -0.4 is 8.85 Å². The van der Waals surface area contributed by atoms with Crippen molar-refractivity contribution in [1.82, 2.24) is 8.85 Å². The van der Waals surface area contributed by atoms with Gasteiger partial charge in [0.15, 0.2) is 0 Å². The molecule has 0 unspecified atom stereocenters. The molecule has 0 aliphatic heterocycles. The average molecular weight is 282 g/mol. The first-order valence-corrected chi connectivity index (χ1v) is 4.88. The summed E-state index contributed by atoms with van der Waals surface area (Å²) in [5, 5.41) is 2.52. The molecular formula is C7H11IN2O2. The molecule has 0 bridgehead atoms. The van der Waals surface area contributed by atoms with Gasteiger partial charge in [-0.2, -0.15) is 0 Å². The fourth-order valence-electron chi connectivity index (χ4n) is 1.42. The van der Waals surface area contributed by atoms with Crippen molar-refractivity contribution in [2.24, 2.45) is 5.41 Å². The molecule has 0 aromatic rings. The van der Waals surface area contributed by atoms with Crippen LogP contribution in [0.1, 0.15) is 19.3 Å². The van der Waals surface area contributed by atoms with E-state index in [1.807, 2.05) is 0 Å². The van der Waals surface area contributed by atoms with E-state index in [0.717, 1.165) is 6.42 Å². The molecule has 0 aromatic carbocycles. The highest BCUT2D eigenvalue weighted by molar-refractivity contribution is 14.1. The lowest BCUT2D eigenvalue weighted by molar-refractivity contribution is -0.147. The van der Waals surface area contributed by atoms with Crippen LogP contribution in [0.15, 0.2) is 0 Å². The molecular weight excluding hydrogens is 271 g/mol. The highest BCUT2D eigenvalue weighted by atomic mass is 127. The van der Waals surface area contributed by atoms with Gasteiger partial charge < -0.3 is 5.32 Å². The van der Waals surface area contributed by atoms with Gasteiger partial charge in [0, 0.05) is 7.05 Å². The van der Waals surface area contributed by atoms with Gasteiger partial charge in [-0.05, 0) is 12.8 Å². The molecule has 1 aliphatic carbocycles.